The number of amides is 1. The van der Waals surface area contributed by atoms with Crippen LogP contribution in [0.1, 0.15) is 11.3 Å². The Kier molecular flexibility index (Phi) is 7.49. The van der Waals surface area contributed by atoms with Crippen LogP contribution in [0.3, 0.4) is 0 Å². The maximum absolute atomic E-state index is 13.2. The van der Waals surface area contributed by atoms with Crippen molar-refractivity contribution < 1.29 is 17.6 Å². The maximum atomic E-state index is 13.2. The van der Waals surface area contributed by atoms with Crippen LogP contribution in [0.15, 0.2) is 82.3 Å². The molecule has 0 saturated carbocycles. The Morgan fingerprint density at radius 1 is 1.00 bits per heavy atom. The van der Waals surface area contributed by atoms with Crippen molar-refractivity contribution in [3.63, 3.8) is 0 Å². The molecular weight excluding hydrogens is 414 g/mol. The van der Waals surface area contributed by atoms with Gasteiger partial charge in [-0.15, -0.1) is 0 Å². The molecule has 0 saturated heterocycles. The highest BCUT2D eigenvalue weighted by Gasteiger charge is 2.27. The molecule has 0 aliphatic carbocycles. The summed E-state index contributed by atoms with van der Waals surface area (Å²) in [6, 6.07) is 19.8. The molecule has 0 radical (unpaired) electrons. The number of rotatable bonds is 10. The second-order valence-corrected chi connectivity index (χ2v) is 9.21. The van der Waals surface area contributed by atoms with Crippen molar-refractivity contribution in [1.82, 2.24) is 9.62 Å². The number of carbonyl (C=O) groups excluding carboxylic acids is 1. The first kappa shape index (κ1) is 22.6. The van der Waals surface area contributed by atoms with Gasteiger partial charge in [-0.2, -0.15) is 4.31 Å². The fourth-order valence-electron chi connectivity index (χ4n) is 3.05. The zero-order valence-corrected chi connectivity index (χ0v) is 18.5. The number of hydrogen-bond donors (Lipinski definition) is 1. The zero-order chi connectivity index (χ0) is 22.3. The number of likely N-dealkylation sites (N-methyl/N-ethyl adjacent to an activating group) is 1. The van der Waals surface area contributed by atoms with Gasteiger partial charge in [-0.3, -0.25) is 4.79 Å². The van der Waals surface area contributed by atoms with Crippen LogP contribution in [0.4, 0.5) is 5.69 Å². The molecule has 31 heavy (non-hydrogen) atoms. The van der Waals surface area contributed by atoms with Gasteiger partial charge in [0.15, 0.2) is 0 Å². The predicted molar refractivity (Wildman–Crippen MR) is 120 cm³/mol. The first-order valence-electron chi connectivity index (χ1n) is 9.98. The molecule has 0 spiro atoms. The molecule has 8 heteroatoms. The van der Waals surface area contributed by atoms with Crippen molar-refractivity contribution in [2.75, 3.05) is 31.6 Å². The minimum Gasteiger partial charge on any atom is -0.468 e. The quantitative estimate of drug-likeness (QED) is 0.523. The van der Waals surface area contributed by atoms with E-state index in [1.165, 1.54) is 6.26 Å². The van der Waals surface area contributed by atoms with Crippen LogP contribution < -0.4 is 10.2 Å². The van der Waals surface area contributed by atoms with Gasteiger partial charge in [0.25, 0.3) is 0 Å². The van der Waals surface area contributed by atoms with E-state index < -0.39 is 10.0 Å². The van der Waals surface area contributed by atoms with Crippen molar-refractivity contribution in [3.8, 4) is 0 Å². The van der Waals surface area contributed by atoms with E-state index in [0.717, 1.165) is 15.6 Å². The molecule has 1 N–H and O–H groups in total. The Balaban J connectivity index is 1.65. The van der Waals surface area contributed by atoms with Crippen LogP contribution in [-0.2, 0) is 21.4 Å². The molecule has 0 aliphatic rings. The Morgan fingerprint density at radius 3 is 2.35 bits per heavy atom. The molecule has 3 aromatic rings. The number of anilines is 1. The highest BCUT2D eigenvalue weighted by Crippen LogP contribution is 2.19. The highest BCUT2D eigenvalue weighted by atomic mass is 32.2. The third-order valence-corrected chi connectivity index (χ3v) is 6.66. The summed E-state index contributed by atoms with van der Waals surface area (Å²) in [6.45, 7) is 2.55. The molecule has 0 unspecified atom stereocenters. The van der Waals surface area contributed by atoms with Crippen molar-refractivity contribution in [3.05, 3.63) is 84.3 Å². The smallest absolute Gasteiger partial charge is 0.243 e. The van der Waals surface area contributed by atoms with Crippen molar-refractivity contribution in [2.24, 2.45) is 0 Å². The highest BCUT2D eigenvalue weighted by molar-refractivity contribution is 7.89. The van der Waals surface area contributed by atoms with Gasteiger partial charge >= 0.3 is 0 Å². The van der Waals surface area contributed by atoms with Crippen LogP contribution >= 0.6 is 0 Å². The van der Waals surface area contributed by atoms with E-state index in [2.05, 4.69) is 5.32 Å². The molecule has 1 amide bonds. The van der Waals surface area contributed by atoms with E-state index >= 15 is 0 Å². The second kappa shape index (κ2) is 10.3. The van der Waals surface area contributed by atoms with Crippen molar-refractivity contribution >= 4 is 21.6 Å². The summed E-state index contributed by atoms with van der Waals surface area (Å²) in [7, 11) is -1.93. The Bertz CT molecular complexity index is 1070. The van der Waals surface area contributed by atoms with Gasteiger partial charge in [0.05, 0.1) is 24.2 Å². The van der Waals surface area contributed by atoms with Gasteiger partial charge in [0.1, 0.15) is 5.76 Å². The number of sulfonamides is 1. The summed E-state index contributed by atoms with van der Waals surface area (Å²) in [5.74, 6) is 0.0935. The molecule has 0 bridgehead atoms. The number of hydrogen-bond acceptors (Lipinski definition) is 5. The Morgan fingerprint density at radius 2 is 1.71 bits per heavy atom. The lowest BCUT2D eigenvalue weighted by atomic mass is 10.2. The summed E-state index contributed by atoms with van der Waals surface area (Å²) >= 11 is 0. The van der Waals surface area contributed by atoms with Crippen LogP contribution in [0.25, 0.3) is 0 Å². The number of para-hydroxylation sites is 1. The van der Waals surface area contributed by atoms with Crippen molar-refractivity contribution in [2.45, 2.75) is 18.4 Å². The average Bonchev–Trinajstić information content (AvgIpc) is 3.27. The largest absolute Gasteiger partial charge is 0.468 e. The average molecular weight is 442 g/mol. The molecular formula is C23H27N3O4S. The third-order valence-electron chi connectivity index (χ3n) is 4.86. The molecule has 0 aliphatic heterocycles. The number of nitrogens with zero attached hydrogens (tertiary/aromatic N) is 2. The third kappa shape index (κ3) is 6.19. The summed E-state index contributed by atoms with van der Waals surface area (Å²) in [5, 5.41) is 2.81. The lowest BCUT2D eigenvalue weighted by Crippen LogP contribution is -2.42. The van der Waals surface area contributed by atoms with Crippen LogP contribution in [0.2, 0.25) is 0 Å². The number of furan rings is 1. The van der Waals surface area contributed by atoms with E-state index in [1.807, 2.05) is 49.2 Å². The van der Waals surface area contributed by atoms with Gasteiger partial charge in [-0.05, 0) is 43.3 Å². The van der Waals surface area contributed by atoms with Crippen LogP contribution in [0, 0.1) is 6.92 Å². The van der Waals surface area contributed by atoms with Crippen LogP contribution in [-0.4, -0.2) is 45.3 Å². The van der Waals surface area contributed by atoms with E-state index in [1.54, 1.807) is 36.4 Å². The molecule has 1 aromatic heterocycles. The Hall–Kier alpha value is -3.10. The summed E-state index contributed by atoms with van der Waals surface area (Å²) < 4.78 is 32.8. The standard InChI is InChI=1S/C23H27N3O4S/c1-19-10-12-22(13-11-19)31(28,29)26(17-21-9-6-16-30-21)18-23(27)24-14-15-25(2)20-7-4-3-5-8-20/h3-13,16H,14-15,17-18H2,1-2H3,(H,24,27). The minimum atomic E-state index is -3.87. The van der Waals surface area contributed by atoms with E-state index in [9.17, 15) is 13.2 Å². The van der Waals surface area contributed by atoms with Gasteiger partial charge < -0.3 is 14.6 Å². The lowest BCUT2D eigenvalue weighted by molar-refractivity contribution is -0.121. The minimum absolute atomic E-state index is 0.0272. The molecule has 1 heterocycles. The van der Waals surface area contributed by atoms with Gasteiger partial charge in [0, 0.05) is 25.8 Å². The first-order chi connectivity index (χ1) is 14.9. The van der Waals surface area contributed by atoms with E-state index in [0.29, 0.717) is 18.8 Å². The lowest BCUT2D eigenvalue weighted by Gasteiger charge is -2.22. The maximum Gasteiger partial charge on any atom is 0.243 e. The second-order valence-electron chi connectivity index (χ2n) is 7.27. The van der Waals surface area contributed by atoms with E-state index in [4.69, 9.17) is 4.42 Å². The van der Waals surface area contributed by atoms with E-state index in [-0.39, 0.29) is 23.9 Å². The topological polar surface area (TPSA) is 82.9 Å². The van der Waals surface area contributed by atoms with Gasteiger partial charge in [0.2, 0.25) is 15.9 Å². The van der Waals surface area contributed by atoms with Gasteiger partial charge in [-0.1, -0.05) is 35.9 Å². The van der Waals surface area contributed by atoms with Crippen LogP contribution in [0.5, 0.6) is 0 Å². The number of carbonyl (C=O) groups is 1. The first-order valence-corrected chi connectivity index (χ1v) is 11.4. The van der Waals surface area contributed by atoms with Crippen molar-refractivity contribution in [1.29, 1.82) is 0 Å². The number of nitrogens with one attached hydrogen (secondary N) is 1. The number of benzene rings is 2. The fourth-order valence-corrected chi connectivity index (χ4v) is 4.41. The Labute approximate surface area is 183 Å². The molecule has 0 fully saturated rings. The van der Waals surface area contributed by atoms with Gasteiger partial charge in [-0.25, -0.2) is 8.42 Å². The molecule has 0 atom stereocenters. The molecule has 164 valence electrons. The summed E-state index contributed by atoms with van der Waals surface area (Å²) in [6.07, 6.45) is 1.48. The monoisotopic (exact) mass is 441 g/mol. The fraction of sp³-hybridized carbons (Fsp3) is 0.261. The molecule has 7 nitrogen and oxygen atoms in total. The molecule has 2 aromatic carbocycles. The summed E-state index contributed by atoms with van der Waals surface area (Å²) in [4.78, 5) is 14.7. The zero-order valence-electron chi connectivity index (χ0n) is 17.7. The summed E-state index contributed by atoms with van der Waals surface area (Å²) in [5.41, 5.74) is 2.00. The normalized spacial score (nSPS) is 11.5. The predicted octanol–water partition coefficient (Wildman–Crippen LogP) is 3.03. The molecule has 3 rings (SSSR count). The number of aryl methyl sites for hydroxylation is 1. The SMILES string of the molecule is Cc1ccc(S(=O)(=O)N(CC(=O)NCCN(C)c2ccccc2)Cc2ccco2)cc1.